The van der Waals surface area contributed by atoms with Gasteiger partial charge in [0.05, 0.1) is 12.3 Å². The Labute approximate surface area is 82.6 Å². The van der Waals surface area contributed by atoms with E-state index in [0.29, 0.717) is 16.5 Å². The van der Waals surface area contributed by atoms with Crippen molar-refractivity contribution in [2.45, 2.75) is 12.8 Å². The maximum Gasteiger partial charge on any atom is 0.140 e. The van der Waals surface area contributed by atoms with E-state index >= 15 is 0 Å². The molecule has 0 saturated heterocycles. The van der Waals surface area contributed by atoms with E-state index in [1.165, 1.54) is 12.8 Å². The van der Waals surface area contributed by atoms with Crippen LogP contribution in [0.5, 0.6) is 5.75 Å². The number of rotatable bonds is 3. The molecule has 1 aliphatic rings. The van der Waals surface area contributed by atoms with Gasteiger partial charge in [0, 0.05) is 0 Å². The number of halogens is 1. The van der Waals surface area contributed by atoms with Crippen molar-refractivity contribution in [2.75, 3.05) is 12.3 Å². The molecule has 0 bridgehead atoms. The number of benzene rings is 1. The highest BCUT2D eigenvalue weighted by Gasteiger charge is 2.22. The quantitative estimate of drug-likeness (QED) is 0.757. The molecule has 1 aromatic rings. The van der Waals surface area contributed by atoms with Crippen LogP contribution in [0.2, 0.25) is 5.02 Å². The molecule has 2 N–H and O–H groups in total. The Morgan fingerprint density at radius 2 is 2.23 bits per heavy atom. The number of nitrogens with two attached hydrogens (primary N) is 1. The van der Waals surface area contributed by atoms with Crippen LogP contribution in [-0.4, -0.2) is 6.61 Å². The molecule has 2 rings (SSSR count). The van der Waals surface area contributed by atoms with Crippen molar-refractivity contribution in [3.63, 3.8) is 0 Å². The lowest BCUT2D eigenvalue weighted by molar-refractivity contribution is 0.300. The van der Waals surface area contributed by atoms with Crippen molar-refractivity contribution in [2.24, 2.45) is 5.92 Å². The van der Waals surface area contributed by atoms with E-state index in [2.05, 4.69) is 0 Å². The van der Waals surface area contributed by atoms with E-state index in [-0.39, 0.29) is 0 Å². The second-order valence-electron chi connectivity index (χ2n) is 3.41. The highest BCUT2D eigenvalue weighted by Crippen LogP contribution is 2.33. The van der Waals surface area contributed by atoms with Gasteiger partial charge in [-0.2, -0.15) is 0 Å². The van der Waals surface area contributed by atoms with Crippen molar-refractivity contribution >= 4 is 17.3 Å². The largest absolute Gasteiger partial charge is 0.492 e. The van der Waals surface area contributed by atoms with Gasteiger partial charge >= 0.3 is 0 Å². The highest BCUT2D eigenvalue weighted by molar-refractivity contribution is 6.34. The van der Waals surface area contributed by atoms with Gasteiger partial charge in [0.25, 0.3) is 0 Å². The minimum Gasteiger partial charge on any atom is -0.492 e. The van der Waals surface area contributed by atoms with Gasteiger partial charge in [0.15, 0.2) is 0 Å². The zero-order valence-corrected chi connectivity index (χ0v) is 8.05. The van der Waals surface area contributed by atoms with Crippen LogP contribution in [0.4, 0.5) is 5.69 Å². The number of anilines is 1. The topological polar surface area (TPSA) is 35.2 Å². The number of nitrogen functional groups attached to an aromatic ring is 1. The van der Waals surface area contributed by atoms with E-state index in [4.69, 9.17) is 22.1 Å². The Hall–Kier alpha value is -0.890. The summed E-state index contributed by atoms with van der Waals surface area (Å²) < 4.78 is 5.53. The van der Waals surface area contributed by atoms with Crippen LogP contribution in [0.1, 0.15) is 12.8 Å². The van der Waals surface area contributed by atoms with E-state index in [0.717, 1.165) is 12.5 Å². The number of hydrogen-bond acceptors (Lipinski definition) is 2. The van der Waals surface area contributed by atoms with Crippen LogP contribution < -0.4 is 10.5 Å². The monoisotopic (exact) mass is 197 g/mol. The fourth-order valence-electron chi connectivity index (χ4n) is 1.13. The molecule has 0 aliphatic heterocycles. The summed E-state index contributed by atoms with van der Waals surface area (Å²) in [7, 11) is 0. The molecule has 70 valence electrons. The lowest BCUT2D eigenvalue weighted by atomic mass is 10.3. The maximum absolute atomic E-state index is 5.95. The maximum atomic E-state index is 5.95. The summed E-state index contributed by atoms with van der Waals surface area (Å²) in [6.45, 7) is 0.767. The first-order valence-corrected chi connectivity index (χ1v) is 4.82. The summed E-state index contributed by atoms with van der Waals surface area (Å²) in [5.41, 5.74) is 6.21. The number of ether oxygens (including phenoxy) is 1. The van der Waals surface area contributed by atoms with Crippen molar-refractivity contribution < 1.29 is 4.74 Å². The molecule has 0 spiro atoms. The van der Waals surface area contributed by atoms with Crippen molar-refractivity contribution in [3.8, 4) is 5.75 Å². The fraction of sp³-hybridized carbons (Fsp3) is 0.400. The molecule has 0 unspecified atom stereocenters. The third-order valence-corrected chi connectivity index (χ3v) is 2.57. The first-order chi connectivity index (χ1) is 6.27. The third-order valence-electron chi connectivity index (χ3n) is 2.16. The van der Waals surface area contributed by atoms with E-state index < -0.39 is 0 Å². The van der Waals surface area contributed by atoms with E-state index in [9.17, 15) is 0 Å². The Morgan fingerprint density at radius 1 is 1.46 bits per heavy atom. The summed E-state index contributed by atoms with van der Waals surface area (Å²) >= 11 is 5.95. The Balaban J connectivity index is 2.05. The van der Waals surface area contributed by atoms with E-state index in [1.807, 2.05) is 12.1 Å². The molecule has 1 fully saturated rings. The molecule has 0 radical (unpaired) electrons. The average molecular weight is 198 g/mol. The molecule has 2 nitrogen and oxygen atoms in total. The summed E-state index contributed by atoms with van der Waals surface area (Å²) in [4.78, 5) is 0. The molecule has 1 aromatic carbocycles. The summed E-state index contributed by atoms with van der Waals surface area (Å²) in [6, 6.07) is 5.47. The van der Waals surface area contributed by atoms with Gasteiger partial charge in [-0.3, -0.25) is 0 Å². The normalized spacial score (nSPS) is 15.8. The molecule has 0 aromatic heterocycles. The summed E-state index contributed by atoms with van der Waals surface area (Å²) in [5, 5.41) is 0.531. The van der Waals surface area contributed by atoms with Crippen molar-refractivity contribution in [3.05, 3.63) is 23.2 Å². The minimum absolute atomic E-state index is 0.531. The van der Waals surface area contributed by atoms with Crippen LogP contribution in [0.3, 0.4) is 0 Å². The third kappa shape index (κ3) is 2.07. The number of hydrogen-bond donors (Lipinski definition) is 1. The fourth-order valence-corrected chi connectivity index (χ4v) is 1.31. The lowest BCUT2D eigenvalue weighted by Crippen LogP contribution is -2.00. The van der Waals surface area contributed by atoms with Crippen molar-refractivity contribution in [1.29, 1.82) is 0 Å². The molecule has 0 atom stereocenters. The molecular formula is C10H12ClNO. The zero-order chi connectivity index (χ0) is 9.26. The Morgan fingerprint density at radius 3 is 2.92 bits per heavy atom. The second-order valence-corrected chi connectivity index (χ2v) is 3.79. The van der Waals surface area contributed by atoms with Gasteiger partial charge in [-0.05, 0) is 30.9 Å². The summed E-state index contributed by atoms with van der Waals surface area (Å²) in [6.07, 6.45) is 2.56. The Kier molecular flexibility index (Phi) is 2.32. The van der Waals surface area contributed by atoms with Crippen LogP contribution in [-0.2, 0) is 0 Å². The molecule has 3 heteroatoms. The predicted octanol–water partition coefficient (Wildman–Crippen LogP) is 2.71. The average Bonchev–Trinajstić information content (AvgIpc) is 2.91. The van der Waals surface area contributed by atoms with Gasteiger partial charge in [-0.15, -0.1) is 0 Å². The Bertz CT molecular complexity index is 310. The molecule has 13 heavy (non-hydrogen) atoms. The zero-order valence-electron chi connectivity index (χ0n) is 7.29. The first kappa shape index (κ1) is 8.70. The predicted molar refractivity (Wildman–Crippen MR) is 54.1 cm³/mol. The van der Waals surface area contributed by atoms with Gasteiger partial charge in [0.1, 0.15) is 10.8 Å². The van der Waals surface area contributed by atoms with Gasteiger partial charge in [-0.1, -0.05) is 17.7 Å². The minimum atomic E-state index is 0.531. The van der Waals surface area contributed by atoms with Crippen LogP contribution in [0.15, 0.2) is 18.2 Å². The molecule has 1 saturated carbocycles. The molecular weight excluding hydrogens is 186 g/mol. The first-order valence-electron chi connectivity index (χ1n) is 4.44. The van der Waals surface area contributed by atoms with Gasteiger partial charge in [0.2, 0.25) is 0 Å². The molecule has 0 amide bonds. The lowest BCUT2D eigenvalue weighted by Gasteiger charge is -2.08. The smallest absolute Gasteiger partial charge is 0.140 e. The standard InChI is InChI=1S/C10H12ClNO/c11-10-8(12)2-1-3-9(10)13-6-7-4-5-7/h1-3,7H,4-6,12H2. The van der Waals surface area contributed by atoms with Gasteiger partial charge < -0.3 is 10.5 Å². The van der Waals surface area contributed by atoms with E-state index in [1.54, 1.807) is 6.07 Å². The van der Waals surface area contributed by atoms with Crippen molar-refractivity contribution in [1.82, 2.24) is 0 Å². The van der Waals surface area contributed by atoms with Crippen LogP contribution in [0.25, 0.3) is 0 Å². The van der Waals surface area contributed by atoms with Gasteiger partial charge in [-0.25, -0.2) is 0 Å². The summed E-state index contributed by atoms with van der Waals surface area (Å²) in [5.74, 6) is 1.44. The van der Waals surface area contributed by atoms with Crippen LogP contribution >= 0.6 is 11.6 Å². The highest BCUT2D eigenvalue weighted by atomic mass is 35.5. The van der Waals surface area contributed by atoms with Crippen LogP contribution in [0, 0.1) is 5.92 Å². The SMILES string of the molecule is Nc1cccc(OCC2CC2)c1Cl. The molecule has 1 aliphatic carbocycles. The molecule has 0 heterocycles. The second kappa shape index (κ2) is 3.46.